The van der Waals surface area contributed by atoms with E-state index >= 15 is 0 Å². The van der Waals surface area contributed by atoms with Gasteiger partial charge in [0.05, 0.1) is 6.04 Å². The Kier molecular flexibility index (Phi) is 3.53. The van der Waals surface area contributed by atoms with Gasteiger partial charge in [0.2, 0.25) is 5.91 Å². The van der Waals surface area contributed by atoms with Crippen molar-refractivity contribution in [1.29, 1.82) is 0 Å². The maximum absolute atomic E-state index is 12.3. The molecule has 0 spiro atoms. The summed E-state index contributed by atoms with van der Waals surface area (Å²) in [6.45, 7) is 4.28. The summed E-state index contributed by atoms with van der Waals surface area (Å²) in [5.41, 5.74) is 5.96. The van der Waals surface area contributed by atoms with Gasteiger partial charge < -0.3 is 10.6 Å². The Morgan fingerprint density at radius 2 is 2.00 bits per heavy atom. The fourth-order valence-electron chi connectivity index (χ4n) is 2.50. The van der Waals surface area contributed by atoms with Gasteiger partial charge in [0, 0.05) is 12.1 Å². The third kappa shape index (κ3) is 2.57. The van der Waals surface area contributed by atoms with Crippen molar-refractivity contribution in [3.8, 4) is 0 Å². The molecule has 0 aromatic rings. The summed E-state index contributed by atoms with van der Waals surface area (Å²) in [5.74, 6) is 0.946. The van der Waals surface area contributed by atoms with Gasteiger partial charge in [0.15, 0.2) is 0 Å². The van der Waals surface area contributed by atoms with Gasteiger partial charge in [-0.25, -0.2) is 0 Å². The number of carbonyl (C=O) groups is 1. The Labute approximate surface area is 98.4 Å². The number of rotatable bonds is 6. The molecule has 0 aliphatic heterocycles. The van der Waals surface area contributed by atoms with Gasteiger partial charge in [-0.05, 0) is 44.9 Å². The zero-order valence-electron chi connectivity index (χ0n) is 10.5. The first-order chi connectivity index (χ1) is 7.65. The molecule has 3 nitrogen and oxygen atoms in total. The van der Waals surface area contributed by atoms with Crippen molar-refractivity contribution in [1.82, 2.24) is 4.90 Å². The molecule has 0 radical (unpaired) electrons. The molecule has 0 aromatic carbocycles. The zero-order valence-corrected chi connectivity index (χ0v) is 10.5. The number of carbonyl (C=O) groups excluding carboxylic acids is 1. The van der Waals surface area contributed by atoms with Crippen LogP contribution in [0.15, 0.2) is 0 Å². The molecule has 1 amide bonds. The van der Waals surface area contributed by atoms with E-state index in [9.17, 15) is 4.79 Å². The van der Waals surface area contributed by atoms with Crippen molar-refractivity contribution in [2.75, 3.05) is 0 Å². The zero-order chi connectivity index (χ0) is 11.7. The molecule has 2 saturated carbocycles. The van der Waals surface area contributed by atoms with E-state index in [-0.39, 0.29) is 11.9 Å². The predicted molar refractivity (Wildman–Crippen MR) is 64.9 cm³/mol. The molecule has 2 fully saturated rings. The highest BCUT2D eigenvalue weighted by atomic mass is 16.2. The fraction of sp³-hybridized carbons (Fsp3) is 0.923. The van der Waals surface area contributed by atoms with Crippen LogP contribution in [0.5, 0.6) is 0 Å². The topological polar surface area (TPSA) is 46.3 Å². The van der Waals surface area contributed by atoms with Crippen LogP contribution in [0.2, 0.25) is 0 Å². The molecule has 2 unspecified atom stereocenters. The monoisotopic (exact) mass is 224 g/mol. The van der Waals surface area contributed by atoms with Gasteiger partial charge in [0.1, 0.15) is 0 Å². The molecule has 2 N–H and O–H groups in total. The Hall–Kier alpha value is -0.570. The second-order valence-corrected chi connectivity index (χ2v) is 5.45. The fourth-order valence-corrected chi connectivity index (χ4v) is 2.50. The Morgan fingerprint density at radius 3 is 2.44 bits per heavy atom. The van der Waals surface area contributed by atoms with Crippen molar-refractivity contribution in [2.45, 2.75) is 70.5 Å². The first-order valence-corrected chi connectivity index (χ1v) is 6.73. The normalized spacial score (nSPS) is 23.9. The van der Waals surface area contributed by atoms with Crippen LogP contribution in [0.4, 0.5) is 0 Å². The summed E-state index contributed by atoms with van der Waals surface area (Å²) in [7, 11) is 0. The van der Waals surface area contributed by atoms with Crippen molar-refractivity contribution in [2.24, 2.45) is 11.7 Å². The Morgan fingerprint density at radius 1 is 1.38 bits per heavy atom. The lowest BCUT2D eigenvalue weighted by Crippen LogP contribution is -2.49. The van der Waals surface area contributed by atoms with Gasteiger partial charge in [-0.2, -0.15) is 0 Å². The molecule has 2 aliphatic rings. The summed E-state index contributed by atoms with van der Waals surface area (Å²) in [6, 6.07) is 0.653. The van der Waals surface area contributed by atoms with Crippen LogP contribution < -0.4 is 5.73 Å². The molecular weight excluding hydrogens is 200 g/mol. The van der Waals surface area contributed by atoms with Crippen LogP contribution in [0, 0.1) is 5.92 Å². The maximum Gasteiger partial charge on any atom is 0.239 e. The minimum Gasteiger partial charge on any atom is -0.335 e. The maximum atomic E-state index is 12.3. The van der Waals surface area contributed by atoms with Gasteiger partial charge in [-0.3, -0.25) is 4.79 Å². The van der Waals surface area contributed by atoms with E-state index in [1.807, 2.05) is 0 Å². The molecule has 2 aliphatic carbocycles. The summed E-state index contributed by atoms with van der Waals surface area (Å²) in [6.07, 6.45) is 6.76. The minimum atomic E-state index is -0.271. The number of hydrogen-bond donors (Lipinski definition) is 1. The summed E-state index contributed by atoms with van der Waals surface area (Å²) in [4.78, 5) is 14.4. The molecular formula is C13H24N2O. The lowest BCUT2D eigenvalue weighted by Gasteiger charge is -2.31. The molecule has 16 heavy (non-hydrogen) atoms. The molecule has 0 heterocycles. The molecule has 92 valence electrons. The lowest BCUT2D eigenvalue weighted by molar-refractivity contribution is -0.135. The van der Waals surface area contributed by atoms with Crippen molar-refractivity contribution >= 4 is 5.91 Å². The summed E-state index contributed by atoms with van der Waals surface area (Å²) < 4.78 is 0. The van der Waals surface area contributed by atoms with Crippen LogP contribution in [-0.4, -0.2) is 28.9 Å². The summed E-state index contributed by atoms with van der Waals surface area (Å²) in [5, 5.41) is 0. The molecule has 0 bridgehead atoms. The quantitative estimate of drug-likeness (QED) is 0.749. The predicted octanol–water partition coefficient (Wildman–Crippen LogP) is 1.90. The van der Waals surface area contributed by atoms with Gasteiger partial charge in [-0.1, -0.05) is 13.3 Å². The van der Waals surface area contributed by atoms with Crippen molar-refractivity contribution in [3.63, 3.8) is 0 Å². The molecule has 2 rings (SSSR count). The third-order valence-electron chi connectivity index (χ3n) is 3.85. The van der Waals surface area contributed by atoms with E-state index in [0.29, 0.717) is 12.1 Å². The molecule has 3 heteroatoms. The number of nitrogens with two attached hydrogens (primary N) is 1. The number of nitrogens with zero attached hydrogens (tertiary/aromatic N) is 1. The van der Waals surface area contributed by atoms with Crippen molar-refractivity contribution < 1.29 is 4.79 Å². The van der Waals surface area contributed by atoms with E-state index in [4.69, 9.17) is 5.73 Å². The van der Waals surface area contributed by atoms with Crippen LogP contribution in [0.3, 0.4) is 0 Å². The van der Waals surface area contributed by atoms with E-state index < -0.39 is 0 Å². The SMILES string of the molecule is CCCC(N)C(=O)N(C1CC1)C(C)C1CC1. The first kappa shape index (κ1) is 11.9. The molecule has 2 atom stereocenters. The highest BCUT2D eigenvalue weighted by Crippen LogP contribution is 2.39. The van der Waals surface area contributed by atoms with Crippen LogP contribution in [0.25, 0.3) is 0 Å². The second-order valence-electron chi connectivity index (χ2n) is 5.45. The largest absolute Gasteiger partial charge is 0.335 e. The number of hydrogen-bond acceptors (Lipinski definition) is 2. The average molecular weight is 224 g/mol. The molecule has 0 saturated heterocycles. The van der Waals surface area contributed by atoms with Gasteiger partial charge in [0.25, 0.3) is 0 Å². The third-order valence-corrected chi connectivity index (χ3v) is 3.85. The van der Waals surface area contributed by atoms with E-state index in [0.717, 1.165) is 18.8 Å². The second kappa shape index (κ2) is 4.74. The highest BCUT2D eigenvalue weighted by molar-refractivity contribution is 5.82. The van der Waals surface area contributed by atoms with Crippen molar-refractivity contribution in [3.05, 3.63) is 0 Å². The average Bonchev–Trinajstić information content (AvgIpc) is 3.10. The minimum absolute atomic E-state index is 0.198. The smallest absolute Gasteiger partial charge is 0.239 e. The molecule has 0 aromatic heterocycles. The Balaban J connectivity index is 1.97. The van der Waals surface area contributed by atoms with Crippen LogP contribution in [-0.2, 0) is 4.79 Å². The van der Waals surface area contributed by atoms with Crippen LogP contribution >= 0.6 is 0 Å². The number of amides is 1. The van der Waals surface area contributed by atoms with E-state index in [1.165, 1.54) is 25.7 Å². The first-order valence-electron chi connectivity index (χ1n) is 6.73. The van der Waals surface area contributed by atoms with Gasteiger partial charge in [-0.15, -0.1) is 0 Å². The van der Waals surface area contributed by atoms with Crippen LogP contribution in [0.1, 0.15) is 52.4 Å². The Bertz CT molecular complexity index is 259. The standard InChI is InChI=1S/C13H24N2O/c1-3-4-12(14)13(16)15(11-7-8-11)9(2)10-5-6-10/h9-12H,3-8,14H2,1-2H3. The van der Waals surface area contributed by atoms with E-state index in [2.05, 4.69) is 18.7 Å². The highest BCUT2D eigenvalue weighted by Gasteiger charge is 2.42. The van der Waals surface area contributed by atoms with E-state index in [1.54, 1.807) is 0 Å². The van der Waals surface area contributed by atoms with Gasteiger partial charge >= 0.3 is 0 Å². The summed E-state index contributed by atoms with van der Waals surface area (Å²) >= 11 is 0. The lowest BCUT2D eigenvalue weighted by atomic mass is 10.1.